The molecule has 0 saturated carbocycles. The van der Waals surface area contributed by atoms with Gasteiger partial charge in [-0.1, -0.05) is 18.2 Å². The molecule has 5 heteroatoms. The van der Waals surface area contributed by atoms with E-state index < -0.39 is 6.17 Å². The first-order valence-corrected chi connectivity index (χ1v) is 7.54. The largest absolute Gasteiger partial charge is 0.376 e. The van der Waals surface area contributed by atoms with E-state index in [1.165, 1.54) is 6.07 Å². The Bertz CT molecular complexity index is 531. The summed E-state index contributed by atoms with van der Waals surface area (Å²) >= 11 is 0. The quantitative estimate of drug-likeness (QED) is 0.928. The van der Waals surface area contributed by atoms with Crippen molar-refractivity contribution in [2.24, 2.45) is 0 Å². The van der Waals surface area contributed by atoms with Crippen molar-refractivity contribution in [3.05, 3.63) is 35.6 Å². The number of rotatable bonds is 3. The van der Waals surface area contributed by atoms with Gasteiger partial charge in [0.1, 0.15) is 12.0 Å². The molecule has 2 saturated heterocycles. The highest BCUT2D eigenvalue weighted by molar-refractivity contribution is 5.84. The summed E-state index contributed by atoms with van der Waals surface area (Å²) in [6.07, 6.45) is 1.58. The third-order valence-electron chi connectivity index (χ3n) is 4.45. The van der Waals surface area contributed by atoms with Crippen molar-refractivity contribution in [2.75, 3.05) is 6.61 Å². The van der Waals surface area contributed by atoms with E-state index in [9.17, 15) is 9.18 Å². The zero-order chi connectivity index (χ0) is 15.0. The van der Waals surface area contributed by atoms with Gasteiger partial charge < -0.3 is 9.64 Å². The summed E-state index contributed by atoms with van der Waals surface area (Å²) in [5.41, 5.74) is 0.514. The Labute approximate surface area is 124 Å². The molecular formula is C16H21FN2O2. The summed E-state index contributed by atoms with van der Waals surface area (Å²) in [7, 11) is 0. The van der Waals surface area contributed by atoms with E-state index >= 15 is 0 Å². The highest BCUT2D eigenvalue weighted by atomic mass is 19.1. The van der Waals surface area contributed by atoms with Gasteiger partial charge in [0, 0.05) is 12.2 Å². The third-order valence-corrected chi connectivity index (χ3v) is 4.45. The molecule has 0 spiro atoms. The van der Waals surface area contributed by atoms with Crippen molar-refractivity contribution < 1.29 is 13.9 Å². The van der Waals surface area contributed by atoms with E-state index in [2.05, 4.69) is 5.32 Å². The van der Waals surface area contributed by atoms with Crippen LogP contribution in [0, 0.1) is 5.82 Å². The molecule has 4 unspecified atom stereocenters. The van der Waals surface area contributed by atoms with Crippen LogP contribution in [0.1, 0.15) is 38.4 Å². The number of ether oxygens (including phenoxy) is 1. The Morgan fingerprint density at radius 1 is 1.43 bits per heavy atom. The summed E-state index contributed by atoms with van der Waals surface area (Å²) < 4.78 is 19.8. The van der Waals surface area contributed by atoms with Gasteiger partial charge in [0.2, 0.25) is 5.91 Å². The Balaban J connectivity index is 1.91. The van der Waals surface area contributed by atoms with Gasteiger partial charge in [0.05, 0.1) is 18.2 Å². The molecule has 0 aliphatic carbocycles. The van der Waals surface area contributed by atoms with Crippen LogP contribution in [0.5, 0.6) is 0 Å². The lowest BCUT2D eigenvalue weighted by atomic mass is 10.1. The number of halogens is 1. The number of nitrogens with one attached hydrogen (secondary N) is 1. The van der Waals surface area contributed by atoms with Gasteiger partial charge >= 0.3 is 0 Å². The molecule has 2 fully saturated rings. The van der Waals surface area contributed by atoms with Crippen LogP contribution in [0.3, 0.4) is 0 Å². The summed E-state index contributed by atoms with van der Waals surface area (Å²) in [4.78, 5) is 14.2. The molecule has 1 N–H and O–H groups in total. The maximum Gasteiger partial charge on any atom is 0.241 e. The fourth-order valence-corrected chi connectivity index (χ4v) is 3.27. The lowest BCUT2D eigenvalue weighted by Crippen LogP contribution is -2.45. The third kappa shape index (κ3) is 2.56. The number of carbonyl (C=O) groups is 1. The van der Waals surface area contributed by atoms with E-state index in [4.69, 9.17) is 4.74 Å². The first kappa shape index (κ1) is 14.5. The van der Waals surface area contributed by atoms with Gasteiger partial charge in [0.15, 0.2) is 0 Å². The van der Waals surface area contributed by atoms with E-state index in [1.807, 2.05) is 13.8 Å². The number of amides is 1. The zero-order valence-electron chi connectivity index (χ0n) is 12.4. The molecule has 0 radical (unpaired) electrons. The van der Waals surface area contributed by atoms with Crippen LogP contribution in [-0.2, 0) is 9.53 Å². The van der Waals surface area contributed by atoms with E-state index in [0.717, 1.165) is 19.4 Å². The van der Waals surface area contributed by atoms with E-state index in [-0.39, 0.29) is 29.9 Å². The highest BCUT2D eigenvalue weighted by Crippen LogP contribution is 2.32. The van der Waals surface area contributed by atoms with Crippen molar-refractivity contribution in [3.8, 4) is 0 Å². The first-order chi connectivity index (χ1) is 10.1. The monoisotopic (exact) mass is 292 g/mol. The van der Waals surface area contributed by atoms with Crippen LogP contribution < -0.4 is 5.32 Å². The van der Waals surface area contributed by atoms with Crippen molar-refractivity contribution in [1.29, 1.82) is 0 Å². The van der Waals surface area contributed by atoms with Crippen LogP contribution in [-0.4, -0.2) is 35.6 Å². The fourth-order valence-electron chi connectivity index (χ4n) is 3.27. The minimum atomic E-state index is -0.423. The number of benzene rings is 1. The molecule has 1 aromatic rings. The molecule has 1 aromatic carbocycles. The molecule has 2 aliphatic rings. The van der Waals surface area contributed by atoms with Crippen LogP contribution in [0.2, 0.25) is 0 Å². The molecule has 21 heavy (non-hydrogen) atoms. The molecule has 0 aromatic heterocycles. The molecule has 4 nitrogen and oxygen atoms in total. The number of carbonyl (C=O) groups excluding carboxylic acids is 1. The van der Waals surface area contributed by atoms with Crippen LogP contribution in [0.15, 0.2) is 24.3 Å². The Hall–Kier alpha value is -1.46. The molecular weight excluding hydrogens is 271 g/mol. The average molecular weight is 292 g/mol. The van der Waals surface area contributed by atoms with Crippen molar-refractivity contribution in [2.45, 2.75) is 51.0 Å². The fraction of sp³-hybridized carbons (Fsp3) is 0.562. The Morgan fingerprint density at radius 3 is 2.86 bits per heavy atom. The second-order valence-corrected chi connectivity index (χ2v) is 5.85. The summed E-state index contributed by atoms with van der Waals surface area (Å²) in [6, 6.07) is 6.24. The molecule has 2 aliphatic heterocycles. The number of hydrogen-bond acceptors (Lipinski definition) is 3. The van der Waals surface area contributed by atoms with Crippen molar-refractivity contribution >= 4 is 5.91 Å². The van der Waals surface area contributed by atoms with Gasteiger partial charge in [-0.15, -0.1) is 0 Å². The molecule has 0 bridgehead atoms. The maximum atomic E-state index is 14.1. The normalized spacial score (nSPS) is 30.9. The average Bonchev–Trinajstić information content (AvgIpc) is 3.09. The standard InChI is InChI=1S/C16H21FN2O2/c1-10-16(20)19(11(2)14-8-5-9-21-14)15(18-10)12-6-3-4-7-13(12)17/h3-4,6-7,10-11,14-15,18H,5,8-9H2,1-2H3. The van der Waals surface area contributed by atoms with Gasteiger partial charge in [0.25, 0.3) is 0 Å². The van der Waals surface area contributed by atoms with Crippen LogP contribution in [0.4, 0.5) is 4.39 Å². The second kappa shape index (κ2) is 5.73. The minimum absolute atomic E-state index is 0.00579. The highest BCUT2D eigenvalue weighted by Gasteiger charge is 2.43. The van der Waals surface area contributed by atoms with Crippen LogP contribution >= 0.6 is 0 Å². The van der Waals surface area contributed by atoms with Crippen molar-refractivity contribution in [3.63, 3.8) is 0 Å². The van der Waals surface area contributed by atoms with E-state index in [1.54, 1.807) is 23.1 Å². The van der Waals surface area contributed by atoms with Gasteiger partial charge in [-0.3, -0.25) is 10.1 Å². The molecule has 4 atom stereocenters. The summed E-state index contributed by atoms with van der Waals surface area (Å²) in [6.45, 7) is 4.55. The van der Waals surface area contributed by atoms with E-state index in [0.29, 0.717) is 5.56 Å². The molecule has 1 amide bonds. The Kier molecular flexibility index (Phi) is 3.95. The summed E-state index contributed by atoms with van der Waals surface area (Å²) in [5.74, 6) is -0.285. The predicted octanol–water partition coefficient (Wildman–Crippen LogP) is 2.21. The Morgan fingerprint density at radius 2 is 2.19 bits per heavy atom. The molecule has 2 heterocycles. The van der Waals surface area contributed by atoms with Crippen LogP contribution in [0.25, 0.3) is 0 Å². The zero-order valence-corrected chi connectivity index (χ0v) is 12.4. The topological polar surface area (TPSA) is 41.6 Å². The second-order valence-electron chi connectivity index (χ2n) is 5.85. The summed E-state index contributed by atoms with van der Waals surface area (Å²) in [5, 5.41) is 3.20. The van der Waals surface area contributed by atoms with Crippen molar-refractivity contribution in [1.82, 2.24) is 10.2 Å². The lowest BCUT2D eigenvalue weighted by molar-refractivity contribution is -0.134. The van der Waals surface area contributed by atoms with Gasteiger partial charge in [-0.05, 0) is 32.8 Å². The smallest absolute Gasteiger partial charge is 0.241 e. The lowest BCUT2D eigenvalue weighted by Gasteiger charge is -2.33. The maximum absolute atomic E-state index is 14.1. The minimum Gasteiger partial charge on any atom is -0.376 e. The molecule has 114 valence electrons. The number of hydrogen-bond donors (Lipinski definition) is 1. The number of nitrogens with zero attached hydrogens (tertiary/aromatic N) is 1. The first-order valence-electron chi connectivity index (χ1n) is 7.54. The van der Waals surface area contributed by atoms with Gasteiger partial charge in [-0.2, -0.15) is 0 Å². The predicted molar refractivity (Wildman–Crippen MR) is 77.0 cm³/mol. The SMILES string of the molecule is CC1NC(c2ccccc2F)N(C(C)C2CCCO2)C1=O. The van der Waals surface area contributed by atoms with Gasteiger partial charge in [-0.25, -0.2) is 4.39 Å². The molecule has 3 rings (SSSR count).